The van der Waals surface area contributed by atoms with E-state index in [-0.39, 0.29) is 22.7 Å². The quantitative estimate of drug-likeness (QED) is 0.301. The number of esters is 2. The molecule has 1 fully saturated rings. The fourth-order valence-corrected chi connectivity index (χ4v) is 4.26. The number of hydrogen-bond acceptors (Lipinski definition) is 6. The van der Waals surface area contributed by atoms with Crippen LogP contribution in [0.2, 0.25) is 0 Å². The maximum Gasteiger partial charge on any atom is 0.341 e. The Hall–Kier alpha value is -3.16. The number of nitro groups is 1. The summed E-state index contributed by atoms with van der Waals surface area (Å²) >= 11 is 0. The van der Waals surface area contributed by atoms with Crippen molar-refractivity contribution in [3.8, 4) is 11.3 Å². The number of carbonyl (C=O) groups is 2. The SMILES string of the molecule is CC(C)(C)OC(=O)c1c(-c2ccc([N+](=O)[O-])cc2)[nH]c(C2CCCCC2)c1C(=O)OC(C)(C)C. The first-order chi connectivity index (χ1) is 15.8. The summed E-state index contributed by atoms with van der Waals surface area (Å²) in [6, 6.07) is 5.90. The number of nitrogens with one attached hydrogen (secondary N) is 1. The third-order valence-electron chi connectivity index (χ3n) is 5.62. The van der Waals surface area contributed by atoms with Crippen LogP contribution in [-0.2, 0) is 9.47 Å². The van der Waals surface area contributed by atoms with Crippen molar-refractivity contribution in [3.63, 3.8) is 0 Å². The summed E-state index contributed by atoms with van der Waals surface area (Å²) in [5, 5.41) is 11.1. The molecule has 0 atom stereocenters. The second-order valence-corrected chi connectivity index (χ2v) is 10.8. The summed E-state index contributed by atoms with van der Waals surface area (Å²) in [7, 11) is 0. The van der Waals surface area contributed by atoms with Gasteiger partial charge in [0.25, 0.3) is 5.69 Å². The lowest BCUT2D eigenvalue weighted by Crippen LogP contribution is -2.28. The summed E-state index contributed by atoms with van der Waals surface area (Å²) in [6.45, 7) is 10.6. The molecule has 8 nitrogen and oxygen atoms in total. The standard InChI is InChI=1S/C26H34N2O6/c1-25(2,3)33-23(29)19-20(24(30)34-26(4,5)6)22(17-12-14-18(15-13-17)28(31)32)27-21(19)16-10-8-7-9-11-16/h12-16,27H,7-11H2,1-6H3. The maximum absolute atomic E-state index is 13.5. The normalized spacial score (nSPS) is 15.1. The zero-order valence-electron chi connectivity index (χ0n) is 20.8. The Bertz CT molecular complexity index is 1060. The highest BCUT2D eigenvalue weighted by Gasteiger charge is 2.36. The van der Waals surface area contributed by atoms with Crippen molar-refractivity contribution >= 4 is 17.6 Å². The number of ether oxygens (including phenoxy) is 2. The van der Waals surface area contributed by atoms with Crippen molar-refractivity contribution < 1.29 is 24.0 Å². The monoisotopic (exact) mass is 470 g/mol. The number of nitro benzene ring substituents is 1. The molecular formula is C26H34N2O6. The fraction of sp³-hybridized carbons (Fsp3) is 0.538. The largest absolute Gasteiger partial charge is 0.456 e. The Balaban J connectivity index is 2.24. The molecule has 2 aromatic rings. The molecule has 184 valence electrons. The molecule has 1 heterocycles. The molecule has 1 N–H and O–H groups in total. The fourth-order valence-electron chi connectivity index (χ4n) is 4.26. The molecule has 1 aliphatic rings. The third-order valence-corrected chi connectivity index (χ3v) is 5.62. The highest BCUT2D eigenvalue weighted by atomic mass is 16.6. The summed E-state index contributed by atoms with van der Waals surface area (Å²) in [6.07, 6.45) is 4.98. The van der Waals surface area contributed by atoms with Gasteiger partial charge < -0.3 is 14.5 Å². The van der Waals surface area contributed by atoms with Crippen LogP contribution in [0.1, 0.15) is 106 Å². The van der Waals surface area contributed by atoms with Gasteiger partial charge >= 0.3 is 11.9 Å². The van der Waals surface area contributed by atoms with Gasteiger partial charge in [-0.25, -0.2) is 9.59 Å². The maximum atomic E-state index is 13.5. The Labute approximate surface area is 200 Å². The van der Waals surface area contributed by atoms with Gasteiger partial charge in [0.15, 0.2) is 0 Å². The van der Waals surface area contributed by atoms with E-state index in [9.17, 15) is 19.7 Å². The van der Waals surface area contributed by atoms with Gasteiger partial charge in [-0.15, -0.1) is 0 Å². The summed E-state index contributed by atoms with van der Waals surface area (Å²) < 4.78 is 11.4. The van der Waals surface area contributed by atoms with E-state index in [2.05, 4.69) is 4.98 Å². The summed E-state index contributed by atoms with van der Waals surface area (Å²) in [5.74, 6) is -1.15. The second-order valence-electron chi connectivity index (χ2n) is 10.8. The Morgan fingerprint density at radius 3 is 1.85 bits per heavy atom. The highest BCUT2D eigenvalue weighted by Crippen LogP contribution is 2.40. The van der Waals surface area contributed by atoms with Gasteiger partial charge in [0.1, 0.15) is 11.2 Å². The molecular weight excluding hydrogens is 436 g/mol. The minimum atomic E-state index is -0.780. The van der Waals surface area contributed by atoms with E-state index in [0.29, 0.717) is 17.0 Å². The first-order valence-corrected chi connectivity index (χ1v) is 11.7. The van der Waals surface area contributed by atoms with Gasteiger partial charge in [-0.1, -0.05) is 19.3 Å². The van der Waals surface area contributed by atoms with Crippen LogP contribution in [0.15, 0.2) is 24.3 Å². The molecule has 0 radical (unpaired) electrons. The Morgan fingerprint density at radius 2 is 1.38 bits per heavy atom. The van der Waals surface area contributed by atoms with Crippen molar-refractivity contribution in [2.24, 2.45) is 0 Å². The van der Waals surface area contributed by atoms with Crippen molar-refractivity contribution in [3.05, 3.63) is 51.2 Å². The van der Waals surface area contributed by atoms with Gasteiger partial charge in [-0.2, -0.15) is 0 Å². The minimum Gasteiger partial charge on any atom is -0.456 e. The molecule has 0 bridgehead atoms. The molecule has 0 unspecified atom stereocenters. The predicted octanol–water partition coefficient (Wildman–Crippen LogP) is 6.55. The molecule has 1 aliphatic carbocycles. The van der Waals surface area contributed by atoms with Crippen molar-refractivity contribution in [2.75, 3.05) is 0 Å². The average molecular weight is 471 g/mol. The average Bonchev–Trinajstić information content (AvgIpc) is 3.13. The Kier molecular flexibility index (Phi) is 7.19. The molecule has 0 saturated heterocycles. The van der Waals surface area contributed by atoms with Gasteiger partial charge in [-0.3, -0.25) is 10.1 Å². The molecule has 1 aromatic heterocycles. The van der Waals surface area contributed by atoms with Gasteiger partial charge in [-0.05, 0) is 78.0 Å². The van der Waals surface area contributed by atoms with Crippen LogP contribution >= 0.6 is 0 Å². The second kappa shape index (κ2) is 9.60. The molecule has 34 heavy (non-hydrogen) atoms. The number of H-pyrrole nitrogens is 1. The summed E-state index contributed by atoms with van der Waals surface area (Å²) in [5.41, 5.74) is 0.345. The van der Waals surface area contributed by atoms with Crippen LogP contribution in [0, 0.1) is 10.1 Å². The third kappa shape index (κ3) is 6.04. The number of hydrogen-bond donors (Lipinski definition) is 1. The van der Waals surface area contributed by atoms with E-state index in [0.717, 1.165) is 32.1 Å². The minimum absolute atomic E-state index is 0.0611. The summed E-state index contributed by atoms with van der Waals surface area (Å²) in [4.78, 5) is 40.9. The van der Waals surface area contributed by atoms with Crippen molar-refractivity contribution in [1.29, 1.82) is 0 Å². The molecule has 1 saturated carbocycles. The van der Waals surface area contributed by atoms with Crippen molar-refractivity contribution in [2.45, 2.75) is 90.8 Å². The lowest BCUT2D eigenvalue weighted by molar-refractivity contribution is -0.384. The van der Waals surface area contributed by atoms with E-state index in [1.807, 2.05) is 0 Å². The molecule has 0 spiro atoms. The van der Waals surface area contributed by atoms with Crippen LogP contribution < -0.4 is 0 Å². The number of benzene rings is 1. The number of aromatic nitrogens is 1. The molecule has 1 aromatic carbocycles. The zero-order valence-corrected chi connectivity index (χ0v) is 20.8. The molecule has 8 heteroatoms. The van der Waals surface area contributed by atoms with Crippen LogP contribution in [0.4, 0.5) is 5.69 Å². The van der Waals surface area contributed by atoms with E-state index in [4.69, 9.17) is 9.47 Å². The van der Waals surface area contributed by atoms with Crippen LogP contribution in [0.3, 0.4) is 0 Å². The van der Waals surface area contributed by atoms with Gasteiger partial charge in [0, 0.05) is 17.8 Å². The number of aromatic amines is 1. The smallest absolute Gasteiger partial charge is 0.341 e. The first kappa shape index (κ1) is 25.5. The molecule has 0 aliphatic heterocycles. The first-order valence-electron chi connectivity index (χ1n) is 11.7. The number of non-ortho nitro benzene ring substituents is 1. The van der Waals surface area contributed by atoms with Crippen LogP contribution in [0.25, 0.3) is 11.3 Å². The number of carbonyl (C=O) groups excluding carboxylic acids is 2. The van der Waals surface area contributed by atoms with Gasteiger partial charge in [0.05, 0.1) is 21.7 Å². The predicted molar refractivity (Wildman–Crippen MR) is 129 cm³/mol. The molecule has 3 rings (SSSR count). The lowest BCUT2D eigenvalue weighted by atomic mass is 9.85. The van der Waals surface area contributed by atoms with Crippen molar-refractivity contribution in [1.82, 2.24) is 4.98 Å². The van der Waals surface area contributed by atoms with Gasteiger partial charge in [0.2, 0.25) is 0 Å². The highest BCUT2D eigenvalue weighted by molar-refractivity contribution is 6.09. The van der Waals surface area contributed by atoms with E-state index in [1.54, 1.807) is 53.7 Å². The van der Waals surface area contributed by atoms with E-state index < -0.39 is 28.1 Å². The number of nitrogens with zero attached hydrogens (tertiary/aromatic N) is 1. The van der Waals surface area contributed by atoms with Crippen LogP contribution in [-0.4, -0.2) is 33.0 Å². The molecule has 0 amide bonds. The number of rotatable bonds is 5. The van der Waals surface area contributed by atoms with E-state index >= 15 is 0 Å². The van der Waals surface area contributed by atoms with E-state index in [1.165, 1.54) is 12.1 Å². The Morgan fingerprint density at radius 1 is 0.882 bits per heavy atom. The lowest BCUT2D eigenvalue weighted by Gasteiger charge is -2.24. The van der Waals surface area contributed by atoms with Crippen LogP contribution in [0.5, 0.6) is 0 Å². The zero-order chi connectivity index (χ0) is 25.3. The topological polar surface area (TPSA) is 112 Å².